The second kappa shape index (κ2) is 8.17. The zero-order chi connectivity index (χ0) is 14.9. The number of nitrogens with one attached hydrogen (secondary N) is 1. The fraction of sp³-hybridized carbons (Fsp3) is 0.118. The molecule has 108 valence electrons. The molecule has 0 aliphatic carbocycles. The van der Waals surface area contributed by atoms with Crippen LogP contribution in [0.15, 0.2) is 66.1 Å². The normalized spacial score (nSPS) is 10.5. The van der Waals surface area contributed by atoms with Gasteiger partial charge in [-0.3, -0.25) is 4.79 Å². The first-order valence-corrected chi connectivity index (χ1v) is 7.60. The first-order valence-electron chi connectivity index (χ1n) is 6.55. The summed E-state index contributed by atoms with van der Waals surface area (Å²) in [5, 5.41) is 4.61. The maximum Gasteiger partial charge on any atom is 0.248 e. The molecular weight excluding hydrogens is 282 g/mol. The Bertz CT molecular complexity index is 594. The number of ether oxygens (including phenoxy) is 1. The van der Waals surface area contributed by atoms with Gasteiger partial charge in [-0.2, -0.15) is 0 Å². The van der Waals surface area contributed by atoms with Crippen molar-refractivity contribution >= 4 is 23.4 Å². The predicted molar refractivity (Wildman–Crippen MR) is 88.5 cm³/mol. The number of amides is 1. The summed E-state index contributed by atoms with van der Waals surface area (Å²) in [7, 11) is 1.61. The van der Waals surface area contributed by atoms with Crippen LogP contribution in [0.3, 0.4) is 0 Å². The van der Waals surface area contributed by atoms with Crippen molar-refractivity contribution in [2.45, 2.75) is 5.75 Å². The van der Waals surface area contributed by atoms with Gasteiger partial charge in [0.1, 0.15) is 5.75 Å². The summed E-state index contributed by atoms with van der Waals surface area (Å²) in [5.41, 5.74) is 1.99. The fourth-order valence-electron chi connectivity index (χ4n) is 1.69. The Hall–Kier alpha value is -2.20. The van der Waals surface area contributed by atoms with Gasteiger partial charge < -0.3 is 10.1 Å². The van der Waals surface area contributed by atoms with Gasteiger partial charge >= 0.3 is 0 Å². The van der Waals surface area contributed by atoms with Crippen LogP contribution in [-0.2, 0) is 10.5 Å². The summed E-state index contributed by atoms with van der Waals surface area (Å²) in [4.78, 5) is 11.7. The van der Waals surface area contributed by atoms with Gasteiger partial charge in [-0.1, -0.05) is 30.3 Å². The van der Waals surface area contributed by atoms with Crippen molar-refractivity contribution in [3.63, 3.8) is 0 Å². The van der Waals surface area contributed by atoms with Crippen LogP contribution in [0.4, 0.5) is 5.69 Å². The van der Waals surface area contributed by atoms with E-state index < -0.39 is 0 Å². The first-order chi connectivity index (χ1) is 10.3. The molecule has 2 rings (SSSR count). The molecule has 2 aromatic carbocycles. The highest BCUT2D eigenvalue weighted by atomic mass is 32.2. The van der Waals surface area contributed by atoms with Gasteiger partial charge in [0.05, 0.1) is 7.11 Å². The monoisotopic (exact) mass is 299 g/mol. The highest BCUT2D eigenvalue weighted by Gasteiger charge is 1.98. The SMILES string of the molecule is COc1ccc(NC(=O)/C=C\SCc2ccccc2)cc1. The third kappa shape index (κ3) is 5.36. The molecule has 21 heavy (non-hydrogen) atoms. The summed E-state index contributed by atoms with van der Waals surface area (Å²) in [6, 6.07) is 17.4. The van der Waals surface area contributed by atoms with E-state index in [-0.39, 0.29) is 5.91 Å². The zero-order valence-corrected chi connectivity index (χ0v) is 12.6. The standard InChI is InChI=1S/C17H17NO2S/c1-20-16-9-7-15(8-10-16)18-17(19)11-12-21-13-14-5-3-2-4-6-14/h2-12H,13H2,1H3,(H,18,19)/b12-11-. The van der Waals surface area contributed by atoms with Crippen LogP contribution in [-0.4, -0.2) is 13.0 Å². The van der Waals surface area contributed by atoms with Gasteiger partial charge in [0.2, 0.25) is 5.91 Å². The molecule has 0 spiro atoms. The molecule has 0 aliphatic heterocycles. The van der Waals surface area contributed by atoms with Gasteiger partial charge in [0.15, 0.2) is 0 Å². The van der Waals surface area contributed by atoms with E-state index in [1.165, 1.54) is 11.6 Å². The third-order valence-electron chi connectivity index (χ3n) is 2.77. The zero-order valence-electron chi connectivity index (χ0n) is 11.8. The van der Waals surface area contributed by atoms with Crippen LogP contribution in [0.5, 0.6) is 5.75 Å². The summed E-state index contributed by atoms with van der Waals surface area (Å²) in [6.07, 6.45) is 1.54. The summed E-state index contributed by atoms with van der Waals surface area (Å²) >= 11 is 1.59. The molecule has 0 saturated carbocycles. The largest absolute Gasteiger partial charge is 0.497 e. The lowest BCUT2D eigenvalue weighted by Crippen LogP contribution is -2.07. The second-order valence-electron chi connectivity index (χ2n) is 4.32. The quantitative estimate of drug-likeness (QED) is 0.817. The van der Waals surface area contributed by atoms with Crippen LogP contribution in [0.1, 0.15) is 5.56 Å². The predicted octanol–water partition coefficient (Wildman–Crippen LogP) is 4.08. The lowest BCUT2D eigenvalue weighted by atomic mass is 10.2. The van der Waals surface area contributed by atoms with Crippen molar-refractivity contribution in [3.8, 4) is 5.75 Å². The Morgan fingerprint density at radius 1 is 1.14 bits per heavy atom. The molecule has 0 aliphatic rings. The Morgan fingerprint density at radius 3 is 2.52 bits per heavy atom. The highest BCUT2D eigenvalue weighted by Crippen LogP contribution is 2.15. The molecule has 3 nitrogen and oxygen atoms in total. The van der Waals surface area contributed by atoms with E-state index in [1.807, 2.05) is 47.9 Å². The highest BCUT2D eigenvalue weighted by molar-refractivity contribution is 8.01. The molecule has 0 atom stereocenters. The van der Waals surface area contributed by atoms with Crippen LogP contribution in [0.25, 0.3) is 0 Å². The average molecular weight is 299 g/mol. The number of carbonyl (C=O) groups excluding carboxylic acids is 1. The molecule has 2 aromatic rings. The van der Waals surface area contributed by atoms with E-state index >= 15 is 0 Å². The summed E-state index contributed by atoms with van der Waals surface area (Å²) in [5.74, 6) is 1.48. The Morgan fingerprint density at radius 2 is 1.86 bits per heavy atom. The van der Waals surface area contributed by atoms with Crippen molar-refractivity contribution in [2.75, 3.05) is 12.4 Å². The molecule has 0 radical (unpaired) electrons. The second-order valence-corrected chi connectivity index (χ2v) is 5.21. The molecule has 1 N–H and O–H groups in total. The smallest absolute Gasteiger partial charge is 0.248 e. The number of carbonyl (C=O) groups is 1. The van der Waals surface area contributed by atoms with Gasteiger partial charge in [-0.05, 0) is 35.2 Å². The number of rotatable bonds is 6. The van der Waals surface area contributed by atoms with E-state index in [0.717, 1.165) is 17.2 Å². The Labute approximate surface area is 129 Å². The maximum absolute atomic E-state index is 11.7. The van der Waals surface area contributed by atoms with E-state index in [0.29, 0.717) is 0 Å². The Balaban J connectivity index is 1.77. The minimum absolute atomic E-state index is 0.138. The molecule has 0 heterocycles. The average Bonchev–Trinajstić information content (AvgIpc) is 2.53. The minimum atomic E-state index is -0.138. The van der Waals surface area contributed by atoms with Crippen LogP contribution in [0.2, 0.25) is 0 Å². The van der Waals surface area contributed by atoms with Crippen LogP contribution < -0.4 is 10.1 Å². The van der Waals surface area contributed by atoms with Crippen LogP contribution >= 0.6 is 11.8 Å². The third-order valence-corrected chi connectivity index (χ3v) is 3.59. The number of methoxy groups -OCH3 is 1. The van der Waals surface area contributed by atoms with E-state index in [1.54, 1.807) is 18.9 Å². The van der Waals surface area contributed by atoms with Gasteiger partial charge in [0, 0.05) is 17.5 Å². The van der Waals surface area contributed by atoms with Crippen molar-refractivity contribution in [1.29, 1.82) is 0 Å². The first kappa shape index (κ1) is 15.2. The molecule has 1 amide bonds. The van der Waals surface area contributed by atoms with Gasteiger partial charge in [-0.15, -0.1) is 11.8 Å². The number of thioether (sulfide) groups is 1. The van der Waals surface area contributed by atoms with E-state index in [9.17, 15) is 4.79 Å². The summed E-state index contributed by atoms with van der Waals surface area (Å²) < 4.78 is 5.07. The summed E-state index contributed by atoms with van der Waals surface area (Å²) in [6.45, 7) is 0. The molecule has 0 fully saturated rings. The number of benzene rings is 2. The molecule has 0 unspecified atom stereocenters. The maximum atomic E-state index is 11.7. The van der Waals surface area contributed by atoms with E-state index in [4.69, 9.17) is 4.74 Å². The molecule has 0 aromatic heterocycles. The lowest BCUT2D eigenvalue weighted by Gasteiger charge is -2.03. The number of hydrogen-bond acceptors (Lipinski definition) is 3. The molecular formula is C17H17NO2S. The lowest BCUT2D eigenvalue weighted by molar-refractivity contribution is -0.111. The van der Waals surface area contributed by atoms with Crippen molar-refractivity contribution in [2.24, 2.45) is 0 Å². The van der Waals surface area contributed by atoms with Crippen molar-refractivity contribution in [1.82, 2.24) is 0 Å². The van der Waals surface area contributed by atoms with Crippen molar-refractivity contribution < 1.29 is 9.53 Å². The van der Waals surface area contributed by atoms with E-state index in [2.05, 4.69) is 17.4 Å². The molecule has 4 heteroatoms. The van der Waals surface area contributed by atoms with Gasteiger partial charge in [0.25, 0.3) is 0 Å². The number of anilines is 1. The fourth-order valence-corrected chi connectivity index (χ4v) is 2.39. The Kier molecular flexibility index (Phi) is 5.91. The number of hydrogen-bond donors (Lipinski definition) is 1. The van der Waals surface area contributed by atoms with Gasteiger partial charge in [-0.25, -0.2) is 0 Å². The molecule has 0 bridgehead atoms. The topological polar surface area (TPSA) is 38.3 Å². The molecule has 0 saturated heterocycles. The van der Waals surface area contributed by atoms with Crippen LogP contribution in [0, 0.1) is 0 Å². The minimum Gasteiger partial charge on any atom is -0.497 e. The van der Waals surface area contributed by atoms with Crippen molar-refractivity contribution in [3.05, 3.63) is 71.6 Å².